The Kier molecular flexibility index (Phi) is 6.84. The van der Waals surface area contributed by atoms with Gasteiger partial charge in [-0.1, -0.05) is 152 Å². The normalized spacial score (nSPS) is 11.3. The summed E-state index contributed by atoms with van der Waals surface area (Å²) in [6.07, 6.45) is 0. The van der Waals surface area contributed by atoms with Crippen LogP contribution >= 0.6 is 0 Å². The molecule has 2 nitrogen and oxygen atoms in total. The molecule has 1 heterocycles. The van der Waals surface area contributed by atoms with Gasteiger partial charge in [0.25, 0.3) is 0 Å². The molecule has 226 valence electrons. The van der Waals surface area contributed by atoms with Crippen LogP contribution in [0, 0.1) is 0 Å². The molecule has 1 aromatic heterocycles. The Balaban J connectivity index is 1.25. The SMILES string of the molecule is c1ccc(-c2ccc(N(c3cccc(-c4ccccc4)c3)c3ccccc3-c3cccc4c3oc3c5ccccc5ccc43)cc2)cc1. The third-order valence-corrected chi connectivity index (χ3v) is 9.27. The van der Waals surface area contributed by atoms with E-state index in [0.717, 1.165) is 55.5 Å². The average molecular weight is 614 g/mol. The van der Waals surface area contributed by atoms with Gasteiger partial charge in [-0.25, -0.2) is 0 Å². The maximum atomic E-state index is 6.82. The van der Waals surface area contributed by atoms with Crippen LogP contribution in [0.3, 0.4) is 0 Å². The van der Waals surface area contributed by atoms with Crippen LogP contribution in [0.1, 0.15) is 0 Å². The van der Waals surface area contributed by atoms with Gasteiger partial charge >= 0.3 is 0 Å². The summed E-state index contributed by atoms with van der Waals surface area (Å²) in [6, 6.07) is 66.8. The number of furan rings is 1. The van der Waals surface area contributed by atoms with Gasteiger partial charge in [-0.05, 0) is 64.0 Å². The van der Waals surface area contributed by atoms with Crippen LogP contribution in [0.2, 0.25) is 0 Å². The van der Waals surface area contributed by atoms with Gasteiger partial charge in [0.15, 0.2) is 0 Å². The van der Waals surface area contributed by atoms with Gasteiger partial charge in [-0.15, -0.1) is 0 Å². The lowest BCUT2D eigenvalue weighted by atomic mass is 9.98. The van der Waals surface area contributed by atoms with Crippen LogP contribution in [-0.4, -0.2) is 0 Å². The molecule has 0 fully saturated rings. The molecule has 0 amide bonds. The van der Waals surface area contributed by atoms with Crippen LogP contribution in [0.15, 0.2) is 192 Å². The lowest BCUT2D eigenvalue weighted by Crippen LogP contribution is -2.11. The first-order valence-corrected chi connectivity index (χ1v) is 16.4. The van der Waals surface area contributed by atoms with Crippen molar-refractivity contribution in [1.82, 2.24) is 0 Å². The van der Waals surface area contributed by atoms with Crippen molar-refractivity contribution >= 4 is 49.8 Å². The molecule has 0 aliphatic rings. The average Bonchev–Trinajstić information content (AvgIpc) is 3.56. The minimum atomic E-state index is 0.897. The van der Waals surface area contributed by atoms with Gasteiger partial charge in [-0.3, -0.25) is 0 Å². The number of anilines is 3. The van der Waals surface area contributed by atoms with E-state index < -0.39 is 0 Å². The van der Waals surface area contributed by atoms with E-state index in [1.165, 1.54) is 27.6 Å². The van der Waals surface area contributed by atoms with Crippen LogP contribution in [-0.2, 0) is 0 Å². The van der Waals surface area contributed by atoms with E-state index in [1.54, 1.807) is 0 Å². The van der Waals surface area contributed by atoms with Crippen molar-refractivity contribution in [3.63, 3.8) is 0 Å². The largest absolute Gasteiger partial charge is 0.455 e. The Hall–Kier alpha value is -6.38. The van der Waals surface area contributed by atoms with Crippen molar-refractivity contribution in [3.8, 4) is 33.4 Å². The summed E-state index contributed by atoms with van der Waals surface area (Å²) in [5.74, 6) is 0. The van der Waals surface area contributed by atoms with Crippen molar-refractivity contribution in [2.75, 3.05) is 4.90 Å². The Morgan fingerprint density at radius 3 is 1.73 bits per heavy atom. The second kappa shape index (κ2) is 11.8. The molecule has 0 radical (unpaired) electrons. The molecule has 0 aliphatic carbocycles. The van der Waals surface area contributed by atoms with E-state index >= 15 is 0 Å². The van der Waals surface area contributed by atoms with Crippen LogP contribution in [0.5, 0.6) is 0 Å². The Morgan fingerprint density at radius 2 is 0.917 bits per heavy atom. The standard InChI is InChI=1S/C46H31NO/c1-3-13-32(14-4-1)34-25-28-37(29-26-34)47(38-19-11-18-36(31-38)33-15-5-2-6-16-33)44-24-10-9-21-40(44)41-22-12-23-42-43-30-27-35-17-7-8-20-39(35)45(43)48-46(41)42/h1-31H. The van der Waals surface area contributed by atoms with E-state index in [-0.39, 0.29) is 0 Å². The van der Waals surface area contributed by atoms with Crippen LogP contribution in [0.25, 0.3) is 66.1 Å². The number of nitrogens with zero attached hydrogens (tertiary/aromatic N) is 1. The number of benzene rings is 8. The lowest BCUT2D eigenvalue weighted by Gasteiger charge is -2.28. The van der Waals surface area contributed by atoms with E-state index in [9.17, 15) is 0 Å². The maximum absolute atomic E-state index is 6.82. The molecule has 9 aromatic rings. The molecule has 0 saturated carbocycles. The predicted molar refractivity (Wildman–Crippen MR) is 202 cm³/mol. The first kappa shape index (κ1) is 27.9. The van der Waals surface area contributed by atoms with E-state index in [1.807, 2.05) is 0 Å². The Bertz CT molecular complexity index is 2550. The van der Waals surface area contributed by atoms with Crippen molar-refractivity contribution in [2.45, 2.75) is 0 Å². The first-order chi connectivity index (χ1) is 23.8. The first-order valence-electron chi connectivity index (χ1n) is 16.4. The summed E-state index contributed by atoms with van der Waals surface area (Å²) in [5.41, 5.74) is 12.0. The highest BCUT2D eigenvalue weighted by Crippen LogP contribution is 2.45. The molecule has 0 spiro atoms. The van der Waals surface area contributed by atoms with Gasteiger partial charge in [-0.2, -0.15) is 0 Å². The van der Waals surface area contributed by atoms with Gasteiger partial charge < -0.3 is 9.32 Å². The molecule has 9 rings (SSSR count). The quantitative estimate of drug-likeness (QED) is 0.185. The van der Waals surface area contributed by atoms with E-state index in [4.69, 9.17) is 4.42 Å². The monoisotopic (exact) mass is 613 g/mol. The van der Waals surface area contributed by atoms with Gasteiger partial charge in [0.1, 0.15) is 11.2 Å². The zero-order chi connectivity index (χ0) is 31.9. The molecule has 2 heteroatoms. The highest BCUT2D eigenvalue weighted by Gasteiger charge is 2.21. The van der Waals surface area contributed by atoms with Crippen LogP contribution in [0.4, 0.5) is 17.1 Å². The lowest BCUT2D eigenvalue weighted by molar-refractivity contribution is 0.674. The summed E-state index contributed by atoms with van der Waals surface area (Å²) >= 11 is 0. The van der Waals surface area contributed by atoms with E-state index in [2.05, 4.69) is 193 Å². The van der Waals surface area contributed by atoms with Gasteiger partial charge in [0.05, 0.1) is 5.69 Å². The molecule has 48 heavy (non-hydrogen) atoms. The number of hydrogen-bond donors (Lipinski definition) is 0. The summed E-state index contributed by atoms with van der Waals surface area (Å²) in [5, 5.41) is 4.55. The van der Waals surface area contributed by atoms with Crippen molar-refractivity contribution < 1.29 is 4.42 Å². The Labute approximate surface area is 279 Å². The molecular formula is C46H31NO. The highest BCUT2D eigenvalue weighted by molar-refractivity contribution is 6.17. The highest BCUT2D eigenvalue weighted by atomic mass is 16.3. The number of hydrogen-bond acceptors (Lipinski definition) is 2. The van der Waals surface area contributed by atoms with E-state index in [0.29, 0.717) is 0 Å². The molecule has 0 bridgehead atoms. The molecule has 0 aliphatic heterocycles. The third-order valence-electron chi connectivity index (χ3n) is 9.27. The minimum Gasteiger partial charge on any atom is -0.455 e. The fraction of sp³-hybridized carbons (Fsp3) is 0. The smallest absolute Gasteiger partial charge is 0.143 e. The number of fused-ring (bicyclic) bond motifs is 5. The summed E-state index contributed by atoms with van der Waals surface area (Å²) < 4.78 is 6.82. The molecule has 8 aromatic carbocycles. The maximum Gasteiger partial charge on any atom is 0.143 e. The zero-order valence-corrected chi connectivity index (χ0v) is 26.3. The zero-order valence-electron chi connectivity index (χ0n) is 26.3. The second-order valence-corrected chi connectivity index (χ2v) is 12.1. The van der Waals surface area contributed by atoms with Gasteiger partial charge in [0, 0.05) is 38.7 Å². The van der Waals surface area contributed by atoms with Crippen molar-refractivity contribution in [2.24, 2.45) is 0 Å². The molecule has 0 N–H and O–H groups in total. The third kappa shape index (κ3) is 4.83. The predicted octanol–water partition coefficient (Wildman–Crippen LogP) is 13.2. The second-order valence-electron chi connectivity index (χ2n) is 12.1. The number of rotatable bonds is 6. The molecular weight excluding hydrogens is 583 g/mol. The number of para-hydroxylation sites is 2. The van der Waals surface area contributed by atoms with Crippen molar-refractivity contribution in [3.05, 3.63) is 188 Å². The summed E-state index contributed by atoms with van der Waals surface area (Å²) in [6.45, 7) is 0. The molecule has 0 unspecified atom stereocenters. The van der Waals surface area contributed by atoms with Crippen molar-refractivity contribution in [1.29, 1.82) is 0 Å². The summed E-state index contributed by atoms with van der Waals surface area (Å²) in [7, 11) is 0. The fourth-order valence-electron chi connectivity index (χ4n) is 6.95. The molecule has 0 saturated heterocycles. The topological polar surface area (TPSA) is 16.4 Å². The minimum absolute atomic E-state index is 0.897. The molecule has 0 atom stereocenters. The Morgan fingerprint density at radius 1 is 0.333 bits per heavy atom. The van der Waals surface area contributed by atoms with Gasteiger partial charge in [0.2, 0.25) is 0 Å². The van der Waals surface area contributed by atoms with Crippen LogP contribution < -0.4 is 4.90 Å². The fourth-order valence-corrected chi connectivity index (χ4v) is 6.95. The summed E-state index contributed by atoms with van der Waals surface area (Å²) in [4.78, 5) is 2.37.